The number of H-pyrrole nitrogens is 1. The third-order valence-corrected chi connectivity index (χ3v) is 2.56. The SMILES string of the molecule is COC(=O)C1CC(=O)N(c2nc(N)[nH]c(=O)n2)C1. The van der Waals surface area contributed by atoms with Gasteiger partial charge in [0.15, 0.2) is 0 Å². The molecule has 3 N–H and O–H groups in total. The van der Waals surface area contributed by atoms with E-state index < -0.39 is 17.6 Å². The van der Waals surface area contributed by atoms with Gasteiger partial charge in [-0.05, 0) is 0 Å². The van der Waals surface area contributed by atoms with E-state index in [1.54, 1.807) is 0 Å². The van der Waals surface area contributed by atoms with E-state index in [0.717, 1.165) is 4.90 Å². The van der Waals surface area contributed by atoms with Crippen molar-refractivity contribution in [2.45, 2.75) is 6.42 Å². The zero-order valence-electron chi connectivity index (χ0n) is 9.54. The molecule has 0 bridgehead atoms. The number of carbonyl (C=O) groups excluding carboxylic acids is 2. The minimum atomic E-state index is -0.702. The Bertz CT molecular complexity index is 554. The Kier molecular flexibility index (Phi) is 2.96. The van der Waals surface area contributed by atoms with Gasteiger partial charge in [0.05, 0.1) is 13.0 Å². The summed E-state index contributed by atoms with van der Waals surface area (Å²) >= 11 is 0. The van der Waals surface area contributed by atoms with Gasteiger partial charge in [0.2, 0.25) is 17.8 Å². The molecule has 0 radical (unpaired) electrons. The molecule has 2 rings (SSSR count). The van der Waals surface area contributed by atoms with Gasteiger partial charge in [-0.3, -0.25) is 19.5 Å². The zero-order valence-corrected chi connectivity index (χ0v) is 9.54. The first-order chi connectivity index (χ1) is 8.51. The van der Waals surface area contributed by atoms with Crippen LogP contribution < -0.4 is 16.3 Å². The number of aromatic amines is 1. The number of nitrogens with one attached hydrogen (secondary N) is 1. The van der Waals surface area contributed by atoms with Gasteiger partial charge in [-0.2, -0.15) is 9.97 Å². The maximum atomic E-state index is 11.7. The molecular weight excluding hydrogens is 242 g/mol. The Morgan fingerprint density at radius 1 is 1.50 bits per heavy atom. The molecule has 0 spiro atoms. The van der Waals surface area contributed by atoms with Crippen molar-refractivity contribution in [3.63, 3.8) is 0 Å². The standard InChI is InChI=1S/C9H11N5O4/c1-18-6(16)4-2-5(15)14(3-4)8-11-7(10)12-9(17)13-8/h4H,2-3H2,1H3,(H3,10,11,12,13,17). The minimum absolute atomic E-state index is 0.00272. The van der Waals surface area contributed by atoms with E-state index in [4.69, 9.17) is 5.73 Å². The highest BCUT2D eigenvalue weighted by Crippen LogP contribution is 2.22. The second kappa shape index (κ2) is 4.43. The van der Waals surface area contributed by atoms with Crippen molar-refractivity contribution >= 4 is 23.8 Å². The van der Waals surface area contributed by atoms with E-state index in [0.29, 0.717) is 0 Å². The Morgan fingerprint density at radius 2 is 2.22 bits per heavy atom. The van der Waals surface area contributed by atoms with Crippen LogP contribution in [0.1, 0.15) is 6.42 Å². The number of nitrogens with two attached hydrogens (primary N) is 1. The number of carbonyl (C=O) groups is 2. The van der Waals surface area contributed by atoms with E-state index >= 15 is 0 Å². The topological polar surface area (TPSA) is 131 Å². The van der Waals surface area contributed by atoms with E-state index in [1.807, 2.05) is 0 Å². The van der Waals surface area contributed by atoms with Gasteiger partial charge in [-0.1, -0.05) is 0 Å². The van der Waals surface area contributed by atoms with Crippen LogP contribution in [0.25, 0.3) is 0 Å². The first-order valence-electron chi connectivity index (χ1n) is 5.13. The fourth-order valence-corrected chi connectivity index (χ4v) is 1.74. The number of hydrogen-bond donors (Lipinski definition) is 2. The number of anilines is 2. The number of methoxy groups -OCH3 is 1. The molecule has 0 aliphatic carbocycles. The van der Waals surface area contributed by atoms with Gasteiger partial charge >= 0.3 is 11.7 Å². The lowest BCUT2D eigenvalue weighted by molar-refractivity contribution is -0.145. The molecule has 1 unspecified atom stereocenters. The molecule has 0 saturated carbocycles. The summed E-state index contributed by atoms with van der Waals surface area (Å²) < 4.78 is 4.56. The number of esters is 1. The average Bonchev–Trinajstić information content (AvgIpc) is 2.69. The highest BCUT2D eigenvalue weighted by atomic mass is 16.5. The molecule has 96 valence electrons. The van der Waals surface area contributed by atoms with Crippen molar-refractivity contribution in [2.75, 3.05) is 24.3 Å². The number of hydrogen-bond acceptors (Lipinski definition) is 7. The minimum Gasteiger partial charge on any atom is -0.469 e. The maximum absolute atomic E-state index is 11.7. The average molecular weight is 253 g/mol. The molecule has 9 nitrogen and oxygen atoms in total. The van der Waals surface area contributed by atoms with Gasteiger partial charge in [0.1, 0.15) is 0 Å². The lowest BCUT2D eigenvalue weighted by Crippen LogP contribution is -2.31. The third-order valence-electron chi connectivity index (χ3n) is 2.56. The van der Waals surface area contributed by atoms with E-state index in [1.165, 1.54) is 7.11 Å². The summed E-state index contributed by atoms with van der Waals surface area (Å²) in [4.78, 5) is 44.8. The van der Waals surface area contributed by atoms with Gasteiger partial charge in [-0.25, -0.2) is 4.79 Å². The molecule has 1 fully saturated rings. The number of rotatable bonds is 2. The highest BCUT2D eigenvalue weighted by Gasteiger charge is 2.37. The van der Waals surface area contributed by atoms with Crippen molar-refractivity contribution in [3.05, 3.63) is 10.5 Å². The third kappa shape index (κ3) is 2.14. The van der Waals surface area contributed by atoms with Crippen LogP contribution in [0.5, 0.6) is 0 Å². The van der Waals surface area contributed by atoms with Crippen molar-refractivity contribution in [2.24, 2.45) is 5.92 Å². The van der Waals surface area contributed by atoms with Crippen molar-refractivity contribution in [3.8, 4) is 0 Å². The Morgan fingerprint density at radius 3 is 2.83 bits per heavy atom. The summed E-state index contributed by atoms with van der Waals surface area (Å²) in [6.07, 6.45) is 0.00272. The van der Waals surface area contributed by atoms with Crippen molar-refractivity contribution in [1.29, 1.82) is 0 Å². The molecule has 18 heavy (non-hydrogen) atoms. The maximum Gasteiger partial charge on any atom is 0.351 e. The largest absolute Gasteiger partial charge is 0.469 e. The summed E-state index contributed by atoms with van der Waals surface area (Å²) in [6.45, 7) is 0.0778. The summed E-state index contributed by atoms with van der Waals surface area (Å²) in [5.74, 6) is -1.65. The van der Waals surface area contributed by atoms with Crippen LogP contribution in [-0.4, -0.2) is 40.5 Å². The van der Waals surface area contributed by atoms with Crippen LogP contribution in [0.2, 0.25) is 0 Å². The number of nitrogens with zero attached hydrogens (tertiary/aromatic N) is 3. The van der Waals surface area contributed by atoms with Crippen LogP contribution in [0.15, 0.2) is 4.79 Å². The Labute approximate surface area is 101 Å². The van der Waals surface area contributed by atoms with E-state index in [2.05, 4.69) is 19.7 Å². The van der Waals surface area contributed by atoms with E-state index in [9.17, 15) is 14.4 Å². The monoisotopic (exact) mass is 253 g/mol. The lowest BCUT2D eigenvalue weighted by Gasteiger charge is -2.13. The molecule has 1 saturated heterocycles. The second-order valence-corrected chi connectivity index (χ2v) is 3.77. The Balaban J connectivity index is 2.27. The van der Waals surface area contributed by atoms with Gasteiger partial charge in [0, 0.05) is 13.0 Å². The summed E-state index contributed by atoms with van der Waals surface area (Å²) in [6, 6.07) is 0. The predicted octanol–water partition coefficient (Wildman–Crippen LogP) is -1.73. The van der Waals surface area contributed by atoms with Crippen molar-refractivity contribution in [1.82, 2.24) is 15.0 Å². The molecule has 1 aromatic rings. The number of aromatic nitrogens is 3. The zero-order chi connectivity index (χ0) is 13.3. The first-order valence-corrected chi connectivity index (χ1v) is 5.13. The van der Waals surface area contributed by atoms with Crippen LogP contribution in [0.3, 0.4) is 0 Å². The predicted molar refractivity (Wildman–Crippen MR) is 59.5 cm³/mol. The fraction of sp³-hybridized carbons (Fsp3) is 0.444. The van der Waals surface area contributed by atoms with Gasteiger partial charge in [0.25, 0.3) is 0 Å². The number of amides is 1. The summed E-state index contributed by atoms with van der Waals surface area (Å²) in [5, 5.41) is 0. The fourth-order valence-electron chi connectivity index (χ4n) is 1.74. The molecule has 0 aromatic carbocycles. The Hall–Kier alpha value is -2.45. The summed E-state index contributed by atoms with van der Waals surface area (Å²) in [7, 11) is 1.25. The normalized spacial score (nSPS) is 19.1. The van der Waals surface area contributed by atoms with E-state index in [-0.39, 0.29) is 30.8 Å². The molecule has 9 heteroatoms. The van der Waals surface area contributed by atoms with Crippen LogP contribution >= 0.6 is 0 Å². The molecule has 1 aliphatic heterocycles. The highest BCUT2D eigenvalue weighted by molar-refractivity contribution is 5.98. The van der Waals surface area contributed by atoms with Crippen LogP contribution in [0.4, 0.5) is 11.9 Å². The lowest BCUT2D eigenvalue weighted by atomic mass is 10.1. The molecule has 1 aromatic heterocycles. The quantitative estimate of drug-likeness (QED) is 0.599. The van der Waals surface area contributed by atoms with Crippen LogP contribution in [0, 0.1) is 5.92 Å². The molecule has 1 aliphatic rings. The summed E-state index contributed by atoms with van der Waals surface area (Å²) in [5.41, 5.74) is 4.65. The molecule has 2 heterocycles. The molecule has 1 atom stereocenters. The smallest absolute Gasteiger partial charge is 0.351 e. The number of nitrogen functional groups attached to an aromatic ring is 1. The van der Waals surface area contributed by atoms with Gasteiger partial charge < -0.3 is 10.5 Å². The molecular formula is C9H11N5O4. The van der Waals surface area contributed by atoms with Crippen LogP contribution in [-0.2, 0) is 14.3 Å². The van der Waals surface area contributed by atoms with Gasteiger partial charge in [-0.15, -0.1) is 0 Å². The van der Waals surface area contributed by atoms with Crippen molar-refractivity contribution < 1.29 is 14.3 Å². The second-order valence-electron chi connectivity index (χ2n) is 3.77. The molecule has 1 amide bonds. The first kappa shape index (κ1) is 12.0. The number of ether oxygens (including phenoxy) is 1.